The smallest absolute Gasteiger partial charge is 0.284 e. The summed E-state index contributed by atoms with van der Waals surface area (Å²) in [6.45, 7) is 5.70. The second-order valence-corrected chi connectivity index (χ2v) is 8.68. The minimum atomic E-state index is -3.92. The zero-order valence-electron chi connectivity index (χ0n) is 16.6. The summed E-state index contributed by atoms with van der Waals surface area (Å²) in [7, 11) is -3.92. The van der Waals surface area contributed by atoms with Gasteiger partial charge >= 0.3 is 0 Å². The van der Waals surface area contributed by atoms with E-state index >= 15 is 0 Å². The Morgan fingerprint density at radius 2 is 1.55 bits per heavy atom. The molecule has 3 rings (SSSR count). The van der Waals surface area contributed by atoms with E-state index in [9.17, 15) is 13.5 Å². The lowest BCUT2D eigenvalue weighted by molar-refractivity contribution is -0.269. The van der Waals surface area contributed by atoms with E-state index in [2.05, 4.69) is 9.71 Å². The van der Waals surface area contributed by atoms with Gasteiger partial charge in [-0.2, -0.15) is 8.42 Å². The molecule has 150 valence electrons. The number of aryl methyl sites for hydroxylation is 1. The Kier molecular flexibility index (Phi) is 6.03. The van der Waals surface area contributed by atoms with Crippen molar-refractivity contribution in [2.24, 2.45) is 4.40 Å². The Bertz CT molecular complexity index is 1120. The molecule has 0 fully saturated rings. The van der Waals surface area contributed by atoms with Crippen molar-refractivity contribution in [2.45, 2.75) is 31.6 Å². The molecule has 0 aliphatic rings. The van der Waals surface area contributed by atoms with Gasteiger partial charge in [-0.15, -0.1) is 10.1 Å². The van der Waals surface area contributed by atoms with Gasteiger partial charge in [0, 0.05) is 11.3 Å². The van der Waals surface area contributed by atoms with E-state index in [0.717, 1.165) is 5.56 Å². The van der Waals surface area contributed by atoms with Gasteiger partial charge in [0.2, 0.25) is 0 Å². The zero-order chi connectivity index (χ0) is 21.0. The Labute approximate surface area is 171 Å². The highest BCUT2D eigenvalue weighted by molar-refractivity contribution is 7.90. The largest absolute Gasteiger partial charge is 0.872 e. The molecule has 3 aromatic rings. The third-order valence-corrected chi connectivity index (χ3v) is 5.81. The molecule has 0 aromatic heterocycles. The molecular weight excluding hydrogens is 384 g/mol. The molecule has 0 spiro atoms. The first kappa shape index (κ1) is 20.6. The van der Waals surface area contributed by atoms with E-state index in [1.165, 1.54) is 12.1 Å². The molecule has 0 aliphatic heterocycles. The number of rotatable bonds is 5. The summed E-state index contributed by atoms with van der Waals surface area (Å²) in [5.41, 5.74) is 2.69. The number of anilines is 1. The van der Waals surface area contributed by atoms with Crippen LogP contribution in [-0.2, 0) is 10.0 Å². The van der Waals surface area contributed by atoms with Crippen molar-refractivity contribution in [1.29, 1.82) is 0 Å². The molecule has 0 atom stereocenters. The molecule has 0 saturated heterocycles. The van der Waals surface area contributed by atoms with Crippen molar-refractivity contribution < 1.29 is 13.5 Å². The summed E-state index contributed by atoms with van der Waals surface area (Å²) >= 11 is 0. The minimum absolute atomic E-state index is 0.0469. The predicted octanol–water partition coefficient (Wildman–Crippen LogP) is 4.44. The van der Waals surface area contributed by atoms with Gasteiger partial charge in [0.05, 0.1) is 4.90 Å². The van der Waals surface area contributed by atoms with E-state index < -0.39 is 10.0 Å². The normalized spacial score (nSPS) is 12.2. The first-order valence-corrected chi connectivity index (χ1v) is 10.8. The van der Waals surface area contributed by atoms with Crippen LogP contribution in [0.4, 0.5) is 5.69 Å². The highest BCUT2D eigenvalue weighted by Gasteiger charge is 2.17. The average molecular weight is 408 g/mol. The molecule has 5 nitrogen and oxygen atoms in total. The van der Waals surface area contributed by atoms with E-state index in [-0.39, 0.29) is 22.4 Å². The average Bonchev–Trinajstić information content (AvgIpc) is 2.71. The van der Waals surface area contributed by atoms with Gasteiger partial charge in [0.25, 0.3) is 10.0 Å². The number of nitrogens with one attached hydrogen (secondary N) is 1. The van der Waals surface area contributed by atoms with Gasteiger partial charge < -0.3 is 10.4 Å². The molecule has 0 aliphatic carbocycles. The van der Waals surface area contributed by atoms with Crippen molar-refractivity contribution in [3.63, 3.8) is 0 Å². The van der Waals surface area contributed by atoms with Crippen LogP contribution in [0.2, 0.25) is 0 Å². The number of amidine groups is 1. The molecule has 3 aromatic carbocycles. The predicted molar refractivity (Wildman–Crippen MR) is 115 cm³/mol. The molecule has 0 unspecified atom stereocenters. The molecular formula is C23H23N2O3S-. The third-order valence-electron chi connectivity index (χ3n) is 4.52. The summed E-state index contributed by atoms with van der Waals surface area (Å²) in [6.07, 6.45) is 0. The maximum absolute atomic E-state index is 12.9. The fraction of sp³-hybridized carbons (Fsp3) is 0.174. The van der Waals surface area contributed by atoms with Gasteiger partial charge in [0.1, 0.15) is 0 Å². The lowest BCUT2D eigenvalue weighted by Gasteiger charge is -2.21. The number of hydrogen-bond donors (Lipinski definition) is 1. The maximum atomic E-state index is 12.9. The standard InChI is InChI=1S/C23H24N2O3S/c1-16(2)20-15-22(26)17(3)14-21(20)24-23(18-10-6-4-7-11-18)25-29(27,28)19-12-8-5-9-13-19/h4-16,26H,1-3H3,(H,24,25)/p-1. The topological polar surface area (TPSA) is 81.6 Å². The van der Waals surface area contributed by atoms with Gasteiger partial charge in [-0.3, -0.25) is 0 Å². The molecule has 0 amide bonds. The van der Waals surface area contributed by atoms with Crippen LogP contribution in [0.15, 0.2) is 82.1 Å². The monoisotopic (exact) mass is 407 g/mol. The van der Waals surface area contributed by atoms with Crippen molar-refractivity contribution in [1.82, 2.24) is 0 Å². The SMILES string of the molecule is Cc1cc(NC(=NS(=O)(=O)c2ccccc2)c2ccccc2)c(C(C)C)cc1[O-]. The van der Waals surface area contributed by atoms with Crippen LogP contribution < -0.4 is 10.4 Å². The number of hydrogen-bond acceptors (Lipinski definition) is 3. The third kappa shape index (κ3) is 4.84. The number of nitrogens with zero attached hydrogens (tertiary/aromatic N) is 1. The Balaban J connectivity index is 2.13. The molecule has 0 radical (unpaired) electrons. The second-order valence-electron chi connectivity index (χ2n) is 7.08. The van der Waals surface area contributed by atoms with E-state index in [1.807, 2.05) is 32.0 Å². The molecule has 6 heteroatoms. The number of sulfonamides is 1. The van der Waals surface area contributed by atoms with Gasteiger partial charge in [-0.1, -0.05) is 74.0 Å². The molecule has 0 heterocycles. The van der Waals surface area contributed by atoms with Gasteiger partial charge in [-0.05, 0) is 36.6 Å². The van der Waals surface area contributed by atoms with Gasteiger partial charge in [-0.25, -0.2) is 0 Å². The first-order valence-electron chi connectivity index (χ1n) is 9.32. The first-order chi connectivity index (χ1) is 13.8. The zero-order valence-corrected chi connectivity index (χ0v) is 17.4. The summed E-state index contributed by atoms with van der Waals surface area (Å²) in [6, 6.07) is 20.5. The van der Waals surface area contributed by atoms with Crippen LogP contribution in [0.5, 0.6) is 5.75 Å². The highest BCUT2D eigenvalue weighted by atomic mass is 32.2. The van der Waals surface area contributed by atoms with E-state index in [4.69, 9.17) is 0 Å². The van der Waals surface area contributed by atoms with E-state index in [0.29, 0.717) is 16.8 Å². The molecule has 0 bridgehead atoms. The highest BCUT2D eigenvalue weighted by Crippen LogP contribution is 2.30. The lowest BCUT2D eigenvalue weighted by Crippen LogP contribution is -2.18. The Morgan fingerprint density at radius 1 is 0.966 bits per heavy atom. The maximum Gasteiger partial charge on any atom is 0.284 e. The van der Waals surface area contributed by atoms with Crippen LogP contribution in [0, 0.1) is 6.92 Å². The fourth-order valence-electron chi connectivity index (χ4n) is 2.93. The van der Waals surface area contributed by atoms with Crippen LogP contribution >= 0.6 is 0 Å². The molecule has 0 saturated carbocycles. The summed E-state index contributed by atoms with van der Waals surface area (Å²) in [5.74, 6) is 0.234. The minimum Gasteiger partial charge on any atom is -0.872 e. The summed E-state index contributed by atoms with van der Waals surface area (Å²) < 4.78 is 29.8. The van der Waals surface area contributed by atoms with Crippen molar-refractivity contribution in [3.05, 3.63) is 89.5 Å². The van der Waals surface area contributed by atoms with Crippen molar-refractivity contribution in [2.75, 3.05) is 5.32 Å². The summed E-state index contributed by atoms with van der Waals surface area (Å²) in [5, 5.41) is 15.3. The van der Waals surface area contributed by atoms with Crippen molar-refractivity contribution >= 4 is 21.5 Å². The van der Waals surface area contributed by atoms with Crippen molar-refractivity contribution in [3.8, 4) is 5.75 Å². The number of benzene rings is 3. The van der Waals surface area contributed by atoms with Gasteiger partial charge in [0.15, 0.2) is 5.84 Å². The molecule has 29 heavy (non-hydrogen) atoms. The Hall–Kier alpha value is -3.12. The second kappa shape index (κ2) is 8.49. The Morgan fingerprint density at radius 3 is 2.14 bits per heavy atom. The van der Waals surface area contributed by atoms with Crippen LogP contribution in [-0.4, -0.2) is 14.3 Å². The van der Waals surface area contributed by atoms with Crippen LogP contribution in [0.1, 0.15) is 36.5 Å². The molecule has 1 N–H and O–H groups in total. The van der Waals surface area contributed by atoms with Crippen LogP contribution in [0.3, 0.4) is 0 Å². The van der Waals surface area contributed by atoms with Crippen LogP contribution in [0.25, 0.3) is 0 Å². The quantitative estimate of drug-likeness (QED) is 0.501. The van der Waals surface area contributed by atoms with E-state index in [1.54, 1.807) is 49.4 Å². The summed E-state index contributed by atoms with van der Waals surface area (Å²) in [4.78, 5) is 0.116. The lowest BCUT2D eigenvalue weighted by atomic mass is 9.98. The fourth-order valence-corrected chi connectivity index (χ4v) is 3.92.